The number of aryl methyl sites for hydroxylation is 1. The first kappa shape index (κ1) is 12.0. The fourth-order valence-corrected chi connectivity index (χ4v) is 1.93. The Hall–Kier alpha value is -1.49. The molecule has 0 spiro atoms. The molecule has 0 saturated carbocycles. The highest BCUT2D eigenvalue weighted by molar-refractivity contribution is 9.10. The number of nitrogens with zero attached hydrogens (tertiary/aromatic N) is 2. The van der Waals surface area contributed by atoms with Crippen molar-refractivity contribution in [2.45, 2.75) is 13.5 Å². The second kappa shape index (κ2) is 5.23. The van der Waals surface area contributed by atoms with Crippen LogP contribution in [0, 0.1) is 12.7 Å². The van der Waals surface area contributed by atoms with Crippen LogP contribution < -0.4 is 5.32 Å². The van der Waals surface area contributed by atoms with Crippen molar-refractivity contribution in [3.05, 3.63) is 52.1 Å². The van der Waals surface area contributed by atoms with Gasteiger partial charge in [-0.05, 0) is 40.5 Å². The summed E-state index contributed by atoms with van der Waals surface area (Å²) in [6.45, 7) is 2.35. The highest BCUT2D eigenvalue weighted by Gasteiger charge is 2.00. The van der Waals surface area contributed by atoms with E-state index >= 15 is 0 Å². The van der Waals surface area contributed by atoms with Crippen molar-refractivity contribution in [2.24, 2.45) is 0 Å². The van der Waals surface area contributed by atoms with E-state index in [1.165, 1.54) is 12.1 Å². The summed E-state index contributed by atoms with van der Waals surface area (Å²) in [5.74, 6) is 1.17. The topological polar surface area (TPSA) is 37.8 Å². The average molecular weight is 296 g/mol. The minimum atomic E-state index is -0.232. The van der Waals surface area contributed by atoms with E-state index in [1.807, 2.05) is 13.0 Å². The number of aromatic nitrogens is 2. The van der Waals surface area contributed by atoms with Crippen molar-refractivity contribution in [1.29, 1.82) is 0 Å². The summed E-state index contributed by atoms with van der Waals surface area (Å²) in [5.41, 5.74) is 0.873. The van der Waals surface area contributed by atoms with Crippen LogP contribution in [0.3, 0.4) is 0 Å². The Morgan fingerprint density at radius 2 is 2.12 bits per heavy atom. The molecule has 3 nitrogen and oxygen atoms in total. The number of rotatable bonds is 3. The van der Waals surface area contributed by atoms with Gasteiger partial charge in [0, 0.05) is 12.6 Å². The predicted molar refractivity (Wildman–Crippen MR) is 68.2 cm³/mol. The third-order valence-corrected chi connectivity index (χ3v) is 2.58. The van der Waals surface area contributed by atoms with Gasteiger partial charge in [-0.1, -0.05) is 12.1 Å². The van der Waals surface area contributed by atoms with E-state index in [0.29, 0.717) is 18.2 Å². The fraction of sp³-hybridized carbons (Fsp3) is 0.167. The van der Waals surface area contributed by atoms with Crippen LogP contribution in [0.2, 0.25) is 0 Å². The van der Waals surface area contributed by atoms with Gasteiger partial charge in [-0.3, -0.25) is 0 Å². The summed E-state index contributed by atoms with van der Waals surface area (Å²) in [5, 5.41) is 3.12. The van der Waals surface area contributed by atoms with Crippen molar-refractivity contribution in [1.82, 2.24) is 9.97 Å². The highest BCUT2D eigenvalue weighted by atomic mass is 79.9. The van der Waals surface area contributed by atoms with Crippen LogP contribution in [0.1, 0.15) is 11.4 Å². The molecule has 0 saturated heterocycles. The second-order valence-electron chi connectivity index (χ2n) is 3.61. The van der Waals surface area contributed by atoms with Crippen LogP contribution >= 0.6 is 15.9 Å². The molecule has 0 aliphatic rings. The van der Waals surface area contributed by atoms with Gasteiger partial charge in [0.2, 0.25) is 0 Å². The molecule has 1 heterocycles. The van der Waals surface area contributed by atoms with Gasteiger partial charge in [0.25, 0.3) is 0 Å². The number of hydrogen-bond donors (Lipinski definition) is 1. The SMILES string of the molecule is Cc1nc(Br)cc(NCc2cccc(F)c2)n1. The standard InChI is InChI=1S/C12H11BrFN3/c1-8-16-11(13)6-12(17-8)15-7-9-3-2-4-10(14)5-9/h2-6H,7H2,1H3,(H,15,16,17). The van der Waals surface area contributed by atoms with Crippen molar-refractivity contribution < 1.29 is 4.39 Å². The van der Waals surface area contributed by atoms with Crippen LogP contribution in [0.25, 0.3) is 0 Å². The number of benzene rings is 1. The molecule has 2 rings (SSSR count). The molecule has 88 valence electrons. The van der Waals surface area contributed by atoms with E-state index in [1.54, 1.807) is 12.1 Å². The Labute approximate surface area is 107 Å². The molecule has 5 heteroatoms. The van der Waals surface area contributed by atoms with Crippen molar-refractivity contribution >= 4 is 21.7 Å². The molecule has 0 aliphatic heterocycles. The normalized spacial score (nSPS) is 10.3. The molecule has 0 bridgehead atoms. The highest BCUT2D eigenvalue weighted by Crippen LogP contribution is 2.13. The molecule has 0 radical (unpaired) electrons. The van der Waals surface area contributed by atoms with Gasteiger partial charge in [0.1, 0.15) is 22.1 Å². The van der Waals surface area contributed by atoms with Crippen LogP contribution in [0.15, 0.2) is 34.9 Å². The molecular formula is C12H11BrFN3. The van der Waals surface area contributed by atoms with E-state index in [2.05, 4.69) is 31.2 Å². The van der Waals surface area contributed by atoms with Crippen molar-refractivity contribution in [3.8, 4) is 0 Å². The first-order valence-electron chi connectivity index (χ1n) is 5.13. The van der Waals surface area contributed by atoms with Crippen LogP contribution in [-0.4, -0.2) is 9.97 Å². The summed E-state index contributed by atoms with van der Waals surface area (Å²) >= 11 is 3.30. The van der Waals surface area contributed by atoms with E-state index in [4.69, 9.17) is 0 Å². The molecule has 2 aromatic rings. The van der Waals surface area contributed by atoms with Gasteiger partial charge in [-0.15, -0.1) is 0 Å². The van der Waals surface area contributed by atoms with E-state index < -0.39 is 0 Å². The lowest BCUT2D eigenvalue weighted by atomic mass is 10.2. The van der Waals surface area contributed by atoms with Gasteiger partial charge in [0.15, 0.2) is 0 Å². The fourth-order valence-electron chi connectivity index (χ4n) is 1.46. The van der Waals surface area contributed by atoms with Gasteiger partial charge in [0.05, 0.1) is 0 Å². The Morgan fingerprint density at radius 1 is 1.29 bits per heavy atom. The minimum Gasteiger partial charge on any atom is -0.366 e. The molecule has 0 amide bonds. The van der Waals surface area contributed by atoms with E-state index in [-0.39, 0.29) is 5.82 Å². The minimum absolute atomic E-state index is 0.232. The van der Waals surface area contributed by atoms with Gasteiger partial charge in [-0.25, -0.2) is 14.4 Å². The van der Waals surface area contributed by atoms with Gasteiger partial charge < -0.3 is 5.32 Å². The molecule has 1 aromatic carbocycles. The zero-order valence-corrected chi connectivity index (χ0v) is 10.8. The largest absolute Gasteiger partial charge is 0.366 e. The second-order valence-corrected chi connectivity index (χ2v) is 4.42. The molecule has 1 N–H and O–H groups in total. The number of hydrogen-bond acceptors (Lipinski definition) is 3. The van der Waals surface area contributed by atoms with Gasteiger partial charge >= 0.3 is 0 Å². The van der Waals surface area contributed by atoms with Gasteiger partial charge in [-0.2, -0.15) is 0 Å². The van der Waals surface area contributed by atoms with E-state index in [9.17, 15) is 4.39 Å². The van der Waals surface area contributed by atoms with Crippen molar-refractivity contribution in [2.75, 3.05) is 5.32 Å². The molecule has 0 atom stereocenters. The predicted octanol–water partition coefficient (Wildman–Crippen LogP) is 3.30. The zero-order chi connectivity index (χ0) is 12.3. The molecule has 0 aliphatic carbocycles. The van der Waals surface area contributed by atoms with Crippen LogP contribution in [0.5, 0.6) is 0 Å². The number of anilines is 1. The average Bonchev–Trinajstić information content (AvgIpc) is 2.25. The molecule has 1 aromatic heterocycles. The number of halogens is 2. The Bertz CT molecular complexity index is 511. The maximum absolute atomic E-state index is 13.0. The number of nitrogens with one attached hydrogen (secondary N) is 1. The van der Waals surface area contributed by atoms with Crippen molar-refractivity contribution in [3.63, 3.8) is 0 Å². The van der Waals surface area contributed by atoms with Crippen LogP contribution in [0.4, 0.5) is 10.2 Å². The summed E-state index contributed by atoms with van der Waals surface area (Å²) in [4.78, 5) is 8.33. The first-order valence-corrected chi connectivity index (χ1v) is 5.92. The Balaban J connectivity index is 2.07. The molecular weight excluding hydrogens is 285 g/mol. The quantitative estimate of drug-likeness (QED) is 0.883. The Kier molecular flexibility index (Phi) is 3.68. The summed E-state index contributed by atoms with van der Waals surface area (Å²) in [7, 11) is 0. The lowest BCUT2D eigenvalue weighted by Crippen LogP contribution is -2.03. The maximum atomic E-state index is 13.0. The first-order chi connectivity index (χ1) is 8.13. The summed E-state index contributed by atoms with van der Waals surface area (Å²) < 4.78 is 13.7. The van der Waals surface area contributed by atoms with Crippen LogP contribution in [-0.2, 0) is 6.54 Å². The third kappa shape index (κ3) is 3.49. The maximum Gasteiger partial charge on any atom is 0.131 e. The smallest absolute Gasteiger partial charge is 0.131 e. The molecule has 0 fully saturated rings. The monoisotopic (exact) mass is 295 g/mol. The lowest BCUT2D eigenvalue weighted by Gasteiger charge is -2.06. The zero-order valence-electron chi connectivity index (χ0n) is 9.24. The third-order valence-electron chi connectivity index (χ3n) is 2.17. The lowest BCUT2D eigenvalue weighted by molar-refractivity contribution is 0.626. The van der Waals surface area contributed by atoms with E-state index in [0.717, 1.165) is 10.2 Å². The Morgan fingerprint density at radius 3 is 2.82 bits per heavy atom. The molecule has 0 unspecified atom stereocenters. The summed E-state index contributed by atoms with van der Waals surface area (Å²) in [6, 6.07) is 8.25. The molecule has 17 heavy (non-hydrogen) atoms. The summed E-state index contributed by atoms with van der Waals surface area (Å²) in [6.07, 6.45) is 0.